The van der Waals surface area contributed by atoms with E-state index in [-0.39, 0.29) is 5.41 Å². The molecule has 2 aromatic rings. The van der Waals surface area contributed by atoms with Crippen LogP contribution in [0.1, 0.15) is 32.0 Å². The third kappa shape index (κ3) is 2.53. The Balaban J connectivity index is 2.59. The van der Waals surface area contributed by atoms with Gasteiger partial charge in [0.25, 0.3) is 0 Å². The molecule has 0 N–H and O–H groups in total. The van der Waals surface area contributed by atoms with Crippen LogP contribution in [0.15, 0.2) is 24.3 Å². The van der Waals surface area contributed by atoms with Gasteiger partial charge < -0.3 is 4.74 Å². The van der Waals surface area contributed by atoms with Gasteiger partial charge in [-0.3, -0.25) is 4.68 Å². The smallest absolute Gasteiger partial charge is 0.163 e. The van der Waals surface area contributed by atoms with E-state index >= 15 is 0 Å². The normalized spacial score (nSPS) is 11.2. The van der Waals surface area contributed by atoms with E-state index in [2.05, 4.69) is 38.0 Å². The molecule has 0 aliphatic heterocycles. The van der Waals surface area contributed by atoms with Crippen molar-refractivity contribution in [1.29, 1.82) is 5.26 Å². The fourth-order valence-electron chi connectivity index (χ4n) is 2.25. The van der Waals surface area contributed by atoms with Gasteiger partial charge in [0.05, 0.1) is 12.8 Å². The highest BCUT2D eigenvalue weighted by molar-refractivity contribution is 5.64. The fourth-order valence-corrected chi connectivity index (χ4v) is 2.25. The molecule has 0 aliphatic carbocycles. The van der Waals surface area contributed by atoms with Crippen LogP contribution in [-0.4, -0.2) is 16.9 Å². The molecule has 0 radical (unpaired) electrons. The molecule has 0 unspecified atom stereocenters. The number of hydrogen-bond donors (Lipinski definition) is 0. The van der Waals surface area contributed by atoms with Gasteiger partial charge in [-0.25, -0.2) is 0 Å². The Morgan fingerprint density at radius 3 is 2.45 bits per heavy atom. The van der Waals surface area contributed by atoms with Crippen LogP contribution in [0.2, 0.25) is 0 Å². The molecule has 1 heterocycles. The zero-order chi connectivity index (χ0) is 14.9. The molecule has 20 heavy (non-hydrogen) atoms. The first kappa shape index (κ1) is 14.1. The van der Waals surface area contributed by atoms with Crippen LogP contribution >= 0.6 is 0 Å². The summed E-state index contributed by atoms with van der Waals surface area (Å²) in [4.78, 5) is 0. The third-order valence-corrected chi connectivity index (χ3v) is 3.30. The van der Waals surface area contributed by atoms with Crippen LogP contribution in [0.5, 0.6) is 5.75 Å². The average molecular weight is 269 g/mol. The van der Waals surface area contributed by atoms with E-state index in [1.165, 1.54) is 0 Å². The molecular formula is C16H19N3O. The number of aromatic nitrogens is 2. The van der Waals surface area contributed by atoms with E-state index in [0.717, 1.165) is 22.6 Å². The molecule has 0 amide bonds. The van der Waals surface area contributed by atoms with Crippen molar-refractivity contribution in [2.24, 2.45) is 7.05 Å². The van der Waals surface area contributed by atoms with Crippen LogP contribution in [0.3, 0.4) is 0 Å². The lowest BCUT2D eigenvalue weighted by atomic mass is 9.85. The van der Waals surface area contributed by atoms with Crippen molar-refractivity contribution in [3.8, 4) is 23.1 Å². The predicted octanol–water partition coefficient (Wildman–Crippen LogP) is 3.26. The molecule has 4 nitrogen and oxygen atoms in total. The zero-order valence-electron chi connectivity index (χ0n) is 12.6. The molecule has 2 rings (SSSR count). The highest BCUT2D eigenvalue weighted by atomic mass is 16.5. The van der Waals surface area contributed by atoms with E-state index in [4.69, 9.17) is 10.00 Å². The van der Waals surface area contributed by atoms with Crippen LogP contribution in [0.4, 0.5) is 0 Å². The van der Waals surface area contributed by atoms with Gasteiger partial charge in [0.1, 0.15) is 11.8 Å². The molecule has 1 aromatic heterocycles. The zero-order valence-corrected chi connectivity index (χ0v) is 12.6. The van der Waals surface area contributed by atoms with Crippen molar-refractivity contribution in [2.45, 2.75) is 26.2 Å². The van der Waals surface area contributed by atoms with Crippen molar-refractivity contribution in [3.05, 3.63) is 35.5 Å². The Labute approximate surface area is 119 Å². The summed E-state index contributed by atoms with van der Waals surface area (Å²) in [5, 5.41) is 13.1. The largest absolute Gasteiger partial charge is 0.496 e. The molecule has 1 aromatic carbocycles. The Morgan fingerprint density at radius 1 is 1.25 bits per heavy atom. The summed E-state index contributed by atoms with van der Waals surface area (Å²) in [7, 11) is 3.53. The SMILES string of the molecule is COc1ccc(-c2cc(C#N)nn2C)cc1C(C)(C)C. The van der Waals surface area contributed by atoms with Crippen molar-refractivity contribution in [3.63, 3.8) is 0 Å². The first-order valence-electron chi connectivity index (χ1n) is 6.50. The lowest BCUT2D eigenvalue weighted by Crippen LogP contribution is -2.13. The first-order valence-corrected chi connectivity index (χ1v) is 6.50. The van der Waals surface area contributed by atoms with Gasteiger partial charge in [-0.1, -0.05) is 20.8 Å². The number of ether oxygens (including phenoxy) is 1. The Kier molecular flexibility index (Phi) is 3.54. The predicted molar refractivity (Wildman–Crippen MR) is 78.6 cm³/mol. The second kappa shape index (κ2) is 5.01. The number of rotatable bonds is 2. The maximum absolute atomic E-state index is 8.94. The number of benzene rings is 1. The summed E-state index contributed by atoms with van der Waals surface area (Å²) in [5.74, 6) is 0.879. The summed E-state index contributed by atoms with van der Waals surface area (Å²) in [5.41, 5.74) is 3.51. The van der Waals surface area contributed by atoms with E-state index in [0.29, 0.717) is 5.69 Å². The molecule has 0 fully saturated rings. The Hall–Kier alpha value is -2.28. The number of nitriles is 1. The summed E-state index contributed by atoms with van der Waals surface area (Å²) >= 11 is 0. The molecule has 0 bridgehead atoms. The van der Waals surface area contributed by atoms with Crippen molar-refractivity contribution in [2.75, 3.05) is 7.11 Å². The lowest BCUT2D eigenvalue weighted by molar-refractivity contribution is 0.397. The average Bonchev–Trinajstić information content (AvgIpc) is 2.78. The highest BCUT2D eigenvalue weighted by Gasteiger charge is 2.20. The molecule has 0 aliphatic rings. The third-order valence-electron chi connectivity index (χ3n) is 3.30. The molecule has 4 heteroatoms. The number of aryl methyl sites for hydroxylation is 1. The standard InChI is InChI=1S/C16H19N3O/c1-16(2,3)13-8-11(6-7-15(13)20-5)14-9-12(10-17)18-19(14)4/h6-9H,1-5H3. The molecule has 0 spiro atoms. The van der Waals surface area contributed by atoms with Gasteiger partial charge in [-0.15, -0.1) is 0 Å². The topological polar surface area (TPSA) is 50.8 Å². The number of nitrogens with zero attached hydrogens (tertiary/aromatic N) is 3. The van der Waals surface area contributed by atoms with Crippen molar-refractivity contribution < 1.29 is 4.74 Å². The number of methoxy groups -OCH3 is 1. The van der Waals surface area contributed by atoms with Gasteiger partial charge in [0.15, 0.2) is 5.69 Å². The van der Waals surface area contributed by atoms with E-state index in [1.807, 2.05) is 19.2 Å². The van der Waals surface area contributed by atoms with Gasteiger partial charge >= 0.3 is 0 Å². The van der Waals surface area contributed by atoms with Crippen LogP contribution in [0, 0.1) is 11.3 Å². The van der Waals surface area contributed by atoms with Gasteiger partial charge in [0, 0.05) is 24.2 Å². The minimum atomic E-state index is -0.0159. The lowest BCUT2D eigenvalue weighted by Gasteiger charge is -2.23. The van der Waals surface area contributed by atoms with E-state index in [9.17, 15) is 0 Å². The first-order chi connectivity index (χ1) is 9.36. The maximum Gasteiger partial charge on any atom is 0.163 e. The van der Waals surface area contributed by atoms with Crippen molar-refractivity contribution in [1.82, 2.24) is 9.78 Å². The molecular weight excluding hydrogens is 250 g/mol. The molecule has 0 saturated carbocycles. The van der Waals surface area contributed by atoms with E-state index < -0.39 is 0 Å². The monoisotopic (exact) mass is 269 g/mol. The summed E-state index contributed by atoms with van der Waals surface area (Å²) in [6.07, 6.45) is 0. The Morgan fingerprint density at radius 2 is 1.95 bits per heavy atom. The second-order valence-corrected chi connectivity index (χ2v) is 5.82. The van der Waals surface area contributed by atoms with E-state index in [1.54, 1.807) is 17.9 Å². The molecule has 0 saturated heterocycles. The van der Waals surface area contributed by atoms with Crippen LogP contribution in [-0.2, 0) is 12.5 Å². The fraction of sp³-hybridized carbons (Fsp3) is 0.375. The van der Waals surface area contributed by atoms with Crippen molar-refractivity contribution >= 4 is 0 Å². The van der Waals surface area contributed by atoms with Crippen LogP contribution in [0.25, 0.3) is 11.3 Å². The highest BCUT2D eigenvalue weighted by Crippen LogP contribution is 2.34. The summed E-state index contributed by atoms with van der Waals surface area (Å²) in [6.45, 7) is 6.45. The molecule has 0 atom stereocenters. The van der Waals surface area contributed by atoms with Gasteiger partial charge in [0.2, 0.25) is 0 Å². The maximum atomic E-state index is 8.94. The second-order valence-electron chi connectivity index (χ2n) is 5.82. The van der Waals surface area contributed by atoms with Gasteiger partial charge in [-0.05, 0) is 23.6 Å². The molecule has 104 valence electrons. The minimum absolute atomic E-state index is 0.0159. The minimum Gasteiger partial charge on any atom is -0.496 e. The number of hydrogen-bond acceptors (Lipinski definition) is 3. The quantitative estimate of drug-likeness (QED) is 0.840. The summed E-state index contributed by atoms with van der Waals surface area (Å²) < 4.78 is 7.17. The van der Waals surface area contributed by atoms with Gasteiger partial charge in [-0.2, -0.15) is 10.4 Å². The summed E-state index contributed by atoms with van der Waals surface area (Å²) in [6, 6.07) is 9.94. The van der Waals surface area contributed by atoms with Crippen LogP contribution < -0.4 is 4.74 Å². The Bertz CT molecular complexity index is 672.